The van der Waals surface area contributed by atoms with Gasteiger partial charge in [-0.25, -0.2) is 0 Å². The zero-order valence-electron chi connectivity index (χ0n) is 19.8. The molecule has 0 bridgehead atoms. The van der Waals surface area contributed by atoms with Crippen LogP contribution in [0.3, 0.4) is 0 Å². The molecule has 0 spiro atoms. The van der Waals surface area contributed by atoms with Crippen molar-refractivity contribution in [1.82, 2.24) is 4.98 Å². The second kappa shape index (κ2) is 10.1. The van der Waals surface area contributed by atoms with Crippen molar-refractivity contribution >= 4 is 50.6 Å². The normalized spacial score (nSPS) is 10.9. The number of carbonyl (C=O) groups excluding carboxylic acids is 1. The fourth-order valence-electron chi connectivity index (χ4n) is 4.20. The lowest BCUT2D eigenvalue weighted by Crippen LogP contribution is -2.12. The maximum absolute atomic E-state index is 12.9. The van der Waals surface area contributed by atoms with Gasteiger partial charge in [0.25, 0.3) is 5.91 Å². The molecule has 0 unspecified atom stereocenters. The van der Waals surface area contributed by atoms with Crippen LogP contribution < -0.4 is 20.1 Å². The Kier molecular flexibility index (Phi) is 6.60. The third-order valence-electron chi connectivity index (χ3n) is 6.05. The molecule has 2 N–H and O–H groups in total. The fraction of sp³-hybridized carbons (Fsp3) is 0.103. The fourth-order valence-corrected chi connectivity index (χ4v) is 4.33. The van der Waals surface area contributed by atoms with Gasteiger partial charge in [-0.15, -0.1) is 0 Å². The number of nitrogens with zero attached hydrogens (tertiary/aromatic N) is 1. The molecule has 1 aromatic heterocycles. The summed E-state index contributed by atoms with van der Waals surface area (Å²) in [4.78, 5) is 17.4. The van der Waals surface area contributed by atoms with Crippen molar-refractivity contribution in [1.29, 1.82) is 0 Å². The standard InChI is InChI=1S/C29H24ClN3O3/c1-35-27-15-25-19(12-13-31-26(25)16-28(27)36-2)17-32-22-10-11-23-18(14-22)4-3-5-24(23)29(34)33-21-8-6-20(30)7-9-21/h3-16,32H,17H2,1-2H3,(H,33,34). The second-order valence-electron chi connectivity index (χ2n) is 8.25. The van der Waals surface area contributed by atoms with E-state index < -0.39 is 0 Å². The van der Waals surface area contributed by atoms with Crippen LogP contribution in [0.5, 0.6) is 11.5 Å². The molecule has 0 aliphatic rings. The van der Waals surface area contributed by atoms with E-state index >= 15 is 0 Å². The van der Waals surface area contributed by atoms with E-state index in [4.69, 9.17) is 21.1 Å². The number of nitrogens with one attached hydrogen (secondary N) is 2. The highest BCUT2D eigenvalue weighted by Gasteiger charge is 2.12. The SMILES string of the molecule is COc1cc2nccc(CNc3ccc4c(C(=O)Nc5ccc(Cl)cc5)cccc4c3)c2cc1OC. The molecule has 180 valence electrons. The summed E-state index contributed by atoms with van der Waals surface area (Å²) in [6, 6.07) is 24.6. The molecule has 0 atom stereocenters. The summed E-state index contributed by atoms with van der Waals surface area (Å²) in [5.74, 6) is 1.14. The van der Waals surface area contributed by atoms with Crippen LogP contribution in [-0.2, 0) is 6.54 Å². The monoisotopic (exact) mass is 497 g/mol. The van der Waals surface area contributed by atoms with Gasteiger partial charge in [0.15, 0.2) is 11.5 Å². The van der Waals surface area contributed by atoms with Gasteiger partial charge in [-0.1, -0.05) is 29.8 Å². The van der Waals surface area contributed by atoms with E-state index in [2.05, 4.69) is 15.6 Å². The van der Waals surface area contributed by atoms with E-state index in [0.29, 0.717) is 34.3 Å². The van der Waals surface area contributed by atoms with E-state index in [9.17, 15) is 4.79 Å². The number of halogens is 1. The predicted molar refractivity (Wildman–Crippen MR) is 146 cm³/mol. The largest absolute Gasteiger partial charge is 0.493 e. The number of ether oxygens (including phenoxy) is 2. The second-order valence-corrected chi connectivity index (χ2v) is 8.69. The molecule has 1 amide bonds. The third-order valence-corrected chi connectivity index (χ3v) is 6.30. The molecule has 0 radical (unpaired) electrons. The van der Waals surface area contributed by atoms with Crippen LogP contribution in [0.15, 0.2) is 85.1 Å². The smallest absolute Gasteiger partial charge is 0.256 e. The highest BCUT2D eigenvalue weighted by molar-refractivity contribution is 6.30. The van der Waals surface area contributed by atoms with Gasteiger partial charge in [-0.05, 0) is 70.9 Å². The first-order chi connectivity index (χ1) is 17.6. The van der Waals surface area contributed by atoms with Gasteiger partial charge in [-0.2, -0.15) is 0 Å². The molecule has 1 heterocycles. The summed E-state index contributed by atoms with van der Waals surface area (Å²) in [6.45, 7) is 0.594. The van der Waals surface area contributed by atoms with Crippen LogP contribution in [-0.4, -0.2) is 25.1 Å². The molecule has 0 saturated carbocycles. The van der Waals surface area contributed by atoms with Crippen LogP contribution in [0, 0.1) is 0 Å². The highest BCUT2D eigenvalue weighted by Crippen LogP contribution is 2.33. The molecule has 7 heteroatoms. The number of hydrogen-bond donors (Lipinski definition) is 2. The van der Waals surface area contributed by atoms with Crippen LogP contribution in [0.2, 0.25) is 5.02 Å². The Morgan fingerprint density at radius 3 is 2.39 bits per heavy atom. The van der Waals surface area contributed by atoms with Gasteiger partial charge in [0.1, 0.15) is 0 Å². The van der Waals surface area contributed by atoms with E-state index in [0.717, 1.165) is 32.9 Å². The molecule has 5 aromatic rings. The number of rotatable bonds is 7. The molecule has 0 saturated heterocycles. The maximum atomic E-state index is 12.9. The first-order valence-electron chi connectivity index (χ1n) is 11.4. The number of aromatic nitrogens is 1. The van der Waals surface area contributed by atoms with Crippen molar-refractivity contribution in [2.75, 3.05) is 24.9 Å². The number of fused-ring (bicyclic) bond motifs is 2. The number of carbonyl (C=O) groups is 1. The number of anilines is 2. The van der Waals surface area contributed by atoms with E-state index in [1.807, 2.05) is 54.6 Å². The Bertz CT molecular complexity index is 1570. The van der Waals surface area contributed by atoms with Gasteiger partial charge >= 0.3 is 0 Å². The molecular weight excluding hydrogens is 474 g/mol. The Morgan fingerprint density at radius 1 is 0.861 bits per heavy atom. The average Bonchev–Trinajstić information content (AvgIpc) is 2.91. The van der Waals surface area contributed by atoms with Crippen molar-refractivity contribution in [3.05, 3.63) is 101 Å². The minimum atomic E-state index is -0.170. The Morgan fingerprint density at radius 2 is 1.61 bits per heavy atom. The zero-order chi connectivity index (χ0) is 25.1. The van der Waals surface area contributed by atoms with Gasteiger partial charge in [0.05, 0.1) is 19.7 Å². The quantitative estimate of drug-likeness (QED) is 0.255. The summed E-state index contributed by atoms with van der Waals surface area (Å²) >= 11 is 5.95. The van der Waals surface area contributed by atoms with Crippen molar-refractivity contribution in [2.45, 2.75) is 6.54 Å². The number of methoxy groups -OCH3 is 2. The summed E-state index contributed by atoms with van der Waals surface area (Å²) in [6.07, 6.45) is 1.79. The Balaban J connectivity index is 1.38. The first kappa shape index (κ1) is 23.5. The number of benzene rings is 4. The zero-order valence-corrected chi connectivity index (χ0v) is 20.6. The summed E-state index contributed by atoms with van der Waals surface area (Å²) < 4.78 is 10.9. The summed E-state index contributed by atoms with van der Waals surface area (Å²) in [7, 11) is 3.23. The van der Waals surface area contributed by atoms with E-state index in [-0.39, 0.29) is 5.91 Å². The number of hydrogen-bond acceptors (Lipinski definition) is 5. The summed E-state index contributed by atoms with van der Waals surface area (Å²) in [5.41, 5.74) is 4.16. The van der Waals surface area contributed by atoms with Gasteiger partial charge in [0.2, 0.25) is 0 Å². The maximum Gasteiger partial charge on any atom is 0.256 e. The number of amides is 1. The molecule has 0 aliphatic carbocycles. The van der Waals surface area contributed by atoms with Gasteiger partial charge in [0, 0.05) is 46.2 Å². The van der Waals surface area contributed by atoms with Crippen molar-refractivity contribution in [3.63, 3.8) is 0 Å². The predicted octanol–water partition coefficient (Wildman–Crippen LogP) is 6.92. The number of pyridine rings is 1. The van der Waals surface area contributed by atoms with Crippen LogP contribution in [0.1, 0.15) is 15.9 Å². The molecule has 5 rings (SSSR count). The molecule has 36 heavy (non-hydrogen) atoms. The minimum Gasteiger partial charge on any atom is -0.493 e. The van der Waals surface area contributed by atoms with Gasteiger partial charge in [-0.3, -0.25) is 9.78 Å². The lowest BCUT2D eigenvalue weighted by molar-refractivity contribution is 0.102. The topological polar surface area (TPSA) is 72.5 Å². The first-order valence-corrected chi connectivity index (χ1v) is 11.8. The minimum absolute atomic E-state index is 0.170. The van der Waals surface area contributed by atoms with Crippen LogP contribution in [0.25, 0.3) is 21.7 Å². The lowest BCUT2D eigenvalue weighted by atomic mass is 10.0. The lowest BCUT2D eigenvalue weighted by Gasteiger charge is -2.13. The van der Waals surface area contributed by atoms with Gasteiger partial charge < -0.3 is 20.1 Å². The Labute approximate surface area is 213 Å². The molecule has 6 nitrogen and oxygen atoms in total. The summed E-state index contributed by atoms with van der Waals surface area (Å²) in [5, 5.41) is 9.88. The van der Waals surface area contributed by atoms with Crippen LogP contribution in [0.4, 0.5) is 11.4 Å². The molecular formula is C29H24ClN3O3. The van der Waals surface area contributed by atoms with Crippen molar-refractivity contribution in [2.24, 2.45) is 0 Å². The highest BCUT2D eigenvalue weighted by atomic mass is 35.5. The molecule has 4 aromatic carbocycles. The molecule has 0 fully saturated rings. The Hall–Kier alpha value is -4.29. The average molecular weight is 498 g/mol. The van der Waals surface area contributed by atoms with Crippen molar-refractivity contribution < 1.29 is 14.3 Å². The third kappa shape index (κ3) is 4.76. The van der Waals surface area contributed by atoms with Crippen LogP contribution >= 0.6 is 11.6 Å². The van der Waals surface area contributed by atoms with E-state index in [1.54, 1.807) is 44.7 Å². The molecule has 0 aliphatic heterocycles. The van der Waals surface area contributed by atoms with E-state index in [1.165, 1.54) is 0 Å². The van der Waals surface area contributed by atoms with Crippen molar-refractivity contribution in [3.8, 4) is 11.5 Å².